The van der Waals surface area contributed by atoms with Crippen LogP contribution in [0.2, 0.25) is 0 Å². The van der Waals surface area contributed by atoms with Gasteiger partial charge < -0.3 is 20.1 Å². The molecule has 0 heterocycles. The molecule has 0 atom stereocenters. The average molecular weight is 313 g/mol. The van der Waals surface area contributed by atoms with Crippen LogP contribution in [-0.2, 0) is 14.3 Å². The first-order chi connectivity index (χ1) is 10.8. The first-order valence-corrected chi connectivity index (χ1v) is 8.43. The summed E-state index contributed by atoms with van der Waals surface area (Å²) in [5, 5.41) is 6.50. The van der Waals surface area contributed by atoms with Crippen LogP contribution in [0.15, 0.2) is 4.99 Å². The van der Waals surface area contributed by atoms with Crippen molar-refractivity contribution in [1.82, 2.24) is 10.6 Å². The lowest BCUT2D eigenvalue weighted by molar-refractivity contribution is -0.140. The first kappa shape index (κ1) is 18.7. The van der Waals surface area contributed by atoms with E-state index in [-0.39, 0.29) is 5.97 Å². The lowest BCUT2D eigenvalue weighted by Crippen LogP contribution is -2.38. The number of ether oxygens (including phenoxy) is 2. The van der Waals surface area contributed by atoms with E-state index >= 15 is 0 Å². The molecule has 6 nitrogen and oxygen atoms in total. The van der Waals surface area contributed by atoms with Gasteiger partial charge in [-0.2, -0.15) is 0 Å². The molecule has 2 N–H and O–H groups in total. The monoisotopic (exact) mass is 313 g/mol. The van der Waals surface area contributed by atoms with Crippen LogP contribution in [0.5, 0.6) is 0 Å². The van der Waals surface area contributed by atoms with Crippen molar-refractivity contribution in [3.63, 3.8) is 0 Å². The number of guanidine groups is 1. The summed E-state index contributed by atoms with van der Waals surface area (Å²) in [7, 11) is 1.42. The van der Waals surface area contributed by atoms with E-state index in [1.807, 2.05) is 6.92 Å². The maximum absolute atomic E-state index is 11.0. The highest BCUT2D eigenvalue weighted by Gasteiger charge is 2.20. The second kappa shape index (κ2) is 12.3. The molecule has 1 fully saturated rings. The zero-order valence-electron chi connectivity index (χ0n) is 14.0. The molecule has 0 unspecified atom stereocenters. The second-order valence-corrected chi connectivity index (χ2v) is 5.59. The minimum absolute atomic E-state index is 0.147. The van der Waals surface area contributed by atoms with E-state index in [9.17, 15) is 4.79 Å². The molecule has 22 heavy (non-hydrogen) atoms. The maximum Gasteiger partial charge on any atom is 0.305 e. The van der Waals surface area contributed by atoms with Gasteiger partial charge in [0, 0.05) is 39.3 Å². The minimum atomic E-state index is -0.147. The Morgan fingerprint density at radius 1 is 1.23 bits per heavy atom. The molecular weight excluding hydrogens is 282 g/mol. The summed E-state index contributed by atoms with van der Waals surface area (Å²) in [5.74, 6) is 1.52. The average Bonchev–Trinajstić information content (AvgIpc) is 3.34. The molecule has 1 rings (SSSR count). The predicted octanol–water partition coefficient (Wildman–Crippen LogP) is 1.70. The molecular formula is C16H31N3O3. The van der Waals surface area contributed by atoms with Crippen molar-refractivity contribution in [3.8, 4) is 0 Å². The molecule has 0 spiro atoms. The van der Waals surface area contributed by atoms with Crippen LogP contribution in [0.4, 0.5) is 0 Å². The molecule has 0 aromatic carbocycles. The third-order valence-electron chi connectivity index (χ3n) is 3.44. The van der Waals surface area contributed by atoms with Gasteiger partial charge in [0.15, 0.2) is 5.96 Å². The number of nitrogens with one attached hydrogen (secondary N) is 2. The topological polar surface area (TPSA) is 72.0 Å². The van der Waals surface area contributed by atoms with E-state index in [2.05, 4.69) is 20.4 Å². The third-order valence-corrected chi connectivity index (χ3v) is 3.44. The highest BCUT2D eigenvalue weighted by molar-refractivity contribution is 5.79. The Balaban J connectivity index is 2.02. The summed E-state index contributed by atoms with van der Waals surface area (Å²) in [6.45, 7) is 6.17. The summed E-state index contributed by atoms with van der Waals surface area (Å²) in [4.78, 5) is 15.5. The number of aliphatic imine (C=N–C) groups is 1. The first-order valence-electron chi connectivity index (χ1n) is 8.43. The number of nitrogens with zero attached hydrogens (tertiary/aromatic N) is 1. The molecule has 0 radical (unpaired) electrons. The van der Waals surface area contributed by atoms with Crippen LogP contribution in [0, 0.1) is 5.92 Å². The molecule has 0 aromatic heterocycles. The SMILES string of the molecule is CCNC(=NCCCOCC1CC1)NCCCCC(=O)OC. The van der Waals surface area contributed by atoms with E-state index < -0.39 is 0 Å². The zero-order chi connectivity index (χ0) is 16.0. The van der Waals surface area contributed by atoms with E-state index in [4.69, 9.17) is 4.74 Å². The summed E-state index contributed by atoms with van der Waals surface area (Å²) in [6.07, 6.45) is 5.85. The minimum Gasteiger partial charge on any atom is -0.469 e. The quantitative estimate of drug-likeness (QED) is 0.248. The molecule has 1 aliphatic carbocycles. The standard InChI is InChI=1S/C16H31N3O3/c1-3-17-16(18-10-5-4-7-15(20)21-2)19-11-6-12-22-13-14-8-9-14/h14H,3-13H2,1-2H3,(H2,17,18,19). The van der Waals surface area contributed by atoms with Gasteiger partial charge in [-0.1, -0.05) is 0 Å². The number of unbranched alkanes of at least 4 members (excludes halogenated alkanes) is 1. The lowest BCUT2D eigenvalue weighted by atomic mass is 10.2. The largest absolute Gasteiger partial charge is 0.469 e. The number of hydrogen-bond acceptors (Lipinski definition) is 4. The van der Waals surface area contributed by atoms with Crippen LogP contribution in [-0.4, -0.2) is 51.9 Å². The Hall–Kier alpha value is -1.30. The van der Waals surface area contributed by atoms with Crippen molar-refractivity contribution in [2.24, 2.45) is 10.9 Å². The summed E-state index contributed by atoms with van der Waals surface area (Å²) in [5.41, 5.74) is 0. The van der Waals surface area contributed by atoms with Gasteiger partial charge in [0.05, 0.1) is 7.11 Å². The predicted molar refractivity (Wildman–Crippen MR) is 88.0 cm³/mol. The normalized spacial score (nSPS) is 14.7. The van der Waals surface area contributed by atoms with Gasteiger partial charge in [-0.3, -0.25) is 9.79 Å². The molecule has 0 bridgehead atoms. The summed E-state index contributed by atoms with van der Waals surface area (Å²) in [6, 6.07) is 0. The Bertz CT molecular complexity index is 331. The number of carbonyl (C=O) groups is 1. The molecule has 128 valence electrons. The Kier molecular flexibility index (Phi) is 10.5. The van der Waals surface area contributed by atoms with E-state index in [1.165, 1.54) is 20.0 Å². The van der Waals surface area contributed by atoms with Crippen molar-refractivity contribution in [2.45, 2.75) is 45.4 Å². The zero-order valence-corrected chi connectivity index (χ0v) is 14.0. The van der Waals surface area contributed by atoms with Crippen molar-refractivity contribution in [1.29, 1.82) is 0 Å². The summed E-state index contributed by atoms with van der Waals surface area (Å²) >= 11 is 0. The molecule has 0 amide bonds. The Labute approximate surface area is 134 Å². The number of rotatable bonds is 12. The van der Waals surface area contributed by atoms with Gasteiger partial charge in [-0.15, -0.1) is 0 Å². The summed E-state index contributed by atoms with van der Waals surface area (Å²) < 4.78 is 10.2. The highest BCUT2D eigenvalue weighted by atomic mass is 16.5. The van der Waals surface area contributed by atoms with Crippen LogP contribution in [0.3, 0.4) is 0 Å². The third kappa shape index (κ3) is 10.4. The van der Waals surface area contributed by atoms with Gasteiger partial charge in [0.2, 0.25) is 0 Å². The number of esters is 1. The van der Waals surface area contributed by atoms with Gasteiger partial charge in [-0.05, 0) is 44.9 Å². The van der Waals surface area contributed by atoms with Crippen molar-refractivity contribution in [2.75, 3.05) is 40.0 Å². The van der Waals surface area contributed by atoms with Gasteiger partial charge in [-0.25, -0.2) is 0 Å². The van der Waals surface area contributed by atoms with Gasteiger partial charge >= 0.3 is 5.97 Å². The molecule has 1 saturated carbocycles. The van der Waals surface area contributed by atoms with Crippen molar-refractivity contribution < 1.29 is 14.3 Å². The second-order valence-electron chi connectivity index (χ2n) is 5.59. The molecule has 0 aliphatic heterocycles. The Morgan fingerprint density at radius 3 is 2.73 bits per heavy atom. The van der Waals surface area contributed by atoms with Crippen LogP contribution < -0.4 is 10.6 Å². The number of carbonyl (C=O) groups excluding carboxylic acids is 1. The van der Waals surface area contributed by atoms with Crippen LogP contribution in [0.25, 0.3) is 0 Å². The van der Waals surface area contributed by atoms with Crippen LogP contribution >= 0.6 is 0 Å². The number of hydrogen-bond donors (Lipinski definition) is 2. The van der Waals surface area contributed by atoms with E-state index in [0.717, 1.165) is 64.0 Å². The molecule has 1 aliphatic rings. The molecule has 0 aromatic rings. The van der Waals surface area contributed by atoms with E-state index in [0.29, 0.717) is 6.42 Å². The van der Waals surface area contributed by atoms with Crippen molar-refractivity contribution in [3.05, 3.63) is 0 Å². The number of methoxy groups -OCH3 is 1. The molecule has 6 heteroatoms. The fraction of sp³-hybridized carbons (Fsp3) is 0.875. The van der Waals surface area contributed by atoms with Crippen molar-refractivity contribution >= 4 is 11.9 Å². The Morgan fingerprint density at radius 2 is 2.05 bits per heavy atom. The maximum atomic E-state index is 11.0. The van der Waals surface area contributed by atoms with Crippen LogP contribution in [0.1, 0.15) is 45.4 Å². The fourth-order valence-corrected chi connectivity index (χ4v) is 1.94. The lowest BCUT2D eigenvalue weighted by Gasteiger charge is -2.11. The molecule has 0 saturated heterocycles. The smallest absolute Gasteiger partial charge is 0.305 e. The van der Waals surface area contributed by atoms with E-state index in [1.54, 1.807) is 0 Å². The van der Waals surface area contributed by atoms with Gasteiger partial charge in [0.25, 0.3) is 0 Å². The van der Waals surface area contributed by atoms with Gasteiger partial charge in [0.1, 0.15) is 0 Å². The fourth-order valence-electron chi connectivity index (χ4n) is 1.94. The highest BCUT2D eigenvalue weighted by Crippen LogP contribution is 2.28.